The van der Waals surface area contributed by atoms with Crippen molar-refractivity contribution in [2.24, 2.45) is 0 Å². The van der Waals surface area contributed by atoms with E-state index >= 15 is 0 Å². The SMILES string of the molecule is COc1ccc(NC(=O)CN(C)C(=O)c2cc(C)n(Cc3ccco3)c2C)cc1. The summed E-state index contributed by atoms with van der Waals surface area (Å²) in [5, 5.41) is 2.79. The molecule has 2 heterocycles. The van der Waals surface area contributed by atoms with Gasteiger partial charge in [-0.25, -0.2) is 0 Å². The number of furan rings is 1. The predicted molar refractivity (Wildman–Crippen MR) is 110 cm³/mol. The number of aryl methyl sites for hydroxylation is 1. The van der Waals surface area contributed by atoms with Crippen molar-refractivity contribution in [2.45, 2.75) is 20.4 Å². The highest BCUT2D eigenvalue weighted by Crippen LogP contribution is 2.19. The first-order chi connectivity index (χ1) is 13.9. The summed E-state index contributed by atoms with van der Waals surface area (Å²) in [4.78, 5) is 26.6. The number of hydrogen-bond donors (Lipinski definition) is 1. The lowest BCUT2D eigenvalue weighted by Gasteiger charge is -2.17. The Morgan fingerprint density at radius 2 is 1.90 bits per heavy atom. The van der Waals surface area contributed by atoms with Gasteiger partial charge in [0.2, 0.25) is 5.91 Å². The first-order valence-corrected chi connectivity index (χ1v) is 9.27. The molecule has 2 aromatic heterocycles. The van der Waals surface area contributed by atoms with E-state index in [-0.39, 0.29) is 18.4 Å². The lowest BCUT2D eigenvalue weighted by Crippen LogP contribution is -2.35. The quantitative estimate of drug-likeness (QED) is 0.665. The standard InChI is InChI=1S/C22H25N3O4/c1-15-12-20(16(2)25(15)13-19-6-5-11-29-19)22(27)24(3)14-21(26)23-17-7-9-18(28-4)10-8-17/h5-12H,13-14H2,1-4H3,(H,23,26). The number of nitrogens with zero attached hydrogens (tertiary/aromatic N) is 2. The first kappa shape index (κ1) is 20.3. The van der Waals surface area contributed by atoms with E-state index in [1.807, 2.05) is 36.6 Å². The normalized spacial score (nSPS) is 10.6. The molecule has 0 saturated heterocycles. The molecular weight excluding hydrogens is 370 g/mol. The van der Waals surface area contributed by atoms with Gasteiger partial charge in [-0.15, -0.1) is 0 Å². The minimum atomic E-state index is -0.268. The number of anilines is 1. The molecule has 1 N–H and O–H groups in total. The molecule has 1 aromatic carbocycles. The largest absolute Gasteiger partial charge is 0.497 e. The van der Waals surface area contributed by atoms with Gasteiger partial charge in [0, 0.05) is 24.1 Å². The predicted octanol–water partition coefficient (Wildman–Crippen LogP) is 3.47. The van der Waals surface area contributed by atoms with Crippen LogP contribution in [0.25, 0.3) is 0 Å². The third kappa shape index (κ3) is 4.68. The van der Waals surface area contributed by atoms with Crippen LogP contribution in [-0.2, 0) is 11.3 Å². The van der Waals surface area contributed by atoms with E-state index in [1.165, 1.54) is 4.90 Å². The van der Waals surface area contributed by atoms with Gasteiger partial charge in [0.1, 0.15) is 11.5 Å². The van der Waals surface area contributed by atoms with Crippen LogP contribution in [0.15, 0.2) is 53.1 Å². The van der Waals surface area contributed by atoms with Crippen molar-refractivity contribution in [2.75, 3.05) is 26.0 Å². The third-order valence-corrected chi connectivity index (χ3v) is 4.80. The van der Waals surface area contributed by atoms with E-state index < -0.39 is 0 Å². The van der Waals surface area contributed by atoms with Crippen molar-refractivity contribution in [1.82, 2.24) is 9.47 Å². The van der Waals surface area contributed by atoms with Gasteiger partial charge in [-0.05, 0) is 56.3 Å². The summed E-state index contributed by atoms with van der Waals surface area (Å²) in [6, 6.07) is 12.6. The number of carbonyl (C=O) groups is 2. The minimum Gasteiger partial charge on any atom is -0.497 e. The molecule has 0 radical (unpaired) electrons. The summed E-state index contributed by atoms with van der Waals surface area (Å²) >= 11 is 0. The Labute approximate surface area is 169 Å². The van der Waals surface area contributed by atoms with Crippen molar-refractivity contribution in [3.05, 3.63) is 71.4 Å². The van der Waals surface area contributed by atoms with E-state index in [1.54, 1.807) is 44.7 Å². The number of aromatic nitrogens is 1. The van der Waals surface area contributed by atoms with Gasteiger partial charge in [0.25, 0.3) is 5.91 Å². The van der Waals surface area contributed by atoms with Gasteiger partial charge in [-0.1, -0.05) is 0 Å². The summed E-state index contributed by atoms with van der Waals surface area (Å²) in [7, 11) is 3.20. The van der Waals surface area contributed by atoms with Crippen LogP contribution in [0.2, 0.25) is 0 Å². The Hall–Kier alpha value is -3.48. The maximum Gasteiger partial charge on any atom is 0.255 e. The van der Waals surface area contributed by atoms with E-state index in [0.29, 0.717) is 23.5 Å². The Bertz CT molecular complexity index is 988. The average Bonchev–Trinajstić information content (AvgIpc) is 3.31. The molecule has 0 unspecified atom stereocenters. The summed E-state index contributed by atoms with van der Waals surface area (Å²) in [6.07, 6.45) is 1.63. The van der Waals surface area contributed by atoms with Crippen LogP contribution < -0.4 is 10.1 Å². The highest BCUT2D eigenvalue weighted by molar-refractivity contribution is 6.00. The van der Waals surface area contributed by atoms with Crippen molar-refractivity contribution in [1.29, 1.82) is 0 Å². The fourth-order valence-electron chi connectivity index (χ4n) is 3.19. The number of likely N-dealkylation sites (N-methyl/N-ethyl adjacent to an activating group) is 1. The fourth-order valence-corrected chi connectivity index (χ4v) is 3.19. The number of amides is 2. The Kier molecular flexibility index (Phi) is 6.07. The zero-order valence-electron chi connectivity index (χ0n) is 17.1. The Morgan fingerprint density at radius 3 is 2.52 bits per heavy atom. The second-order valence-electron chi connectivity index (χ2n) is 6.89. The van der Waals surface area contributed by atoms with Gasteiger partial charge < -0.3 is 23.9 Å². The molecule has 7 heteroatoms. The van der Waals surface area contributed by atoms with Gasteiger partial charge in [-0.3, -0.25) is 9.59 Å². The van der Waals surface area contributed by atoms with Gasteiger partial charge in [0.15, 0.2) is 0 Å². The highest BCUT2D eigenvalue weighted by Gasteiger charge is 2.21. The number of hydrogen-bond acceptors (Lipinski definition) is 4. The molecule has 152 valence electrons. The molecule has 2 amide bonds. The topological polar surface area (TPSA) is 76.7 Å². The van der Waals surface area contributed by atoms with Crippen LogP contribution in [0.4, 0.5) is 5.69 Å². The summed E-state index contributed by atoms with van der Waals surface area (Å²) < 4.78 is 12.5. The maximum absolute atomic E-state index is 12.9. The summed E-state index contributed by atoms with van der Waals surface area (Å²) in [5.74, 6) is 1.06. The number of nitrogens with one attached hydrogen (secondary N) is 1. The van der Waals surface area contributed by atoms with Gasteiger partial charge >= 0.3 is 0 Å². The number of methoxy groups -OCH3 is 1. The molecule has 0 aliphatic rings. The summed E-state index contributed by atoms with van der Waals surface area (Å²) in [5.41, 5.74) is 3.02. The Morgan fingerprint density at radius 1 is 1.17 bits per heavy atom. The zero-order chi connectivity index (χ0) is 21.0. The van der Waals surface area contributed by atoms with Crippen LogP contribution in [0.5, 0.6) is 5.75 Å². The highest BCUT2D eigenvalue weighted by atomic mass is 16.5. The van der Waals surface area contributed by atoms with Crippen molar-refractivity contribution in [3.8, 4) is 5.75 Å². The van der Waals surface area contributed by atoms with E-state index in [2.05, 4.69) is 5.32 Å². The van der Waals surface area contributed by atoms with Crippen LogP contribution in [0.1, 0.15) is 27.5 Å². The molecule has 0 fully saturated rings. The van der Waals surface area contributed by atoms with Crippen molar-refractivity contribution in [3.63, 3.8) is 0 Å². The number of ether oxygens (including phenoxy) is 1. The van der Waals surface area contributed by atoms with E-state index in [9.17, 15) is 9.59 Å². The molecule has 0 atom stereocenters. The average molecular weight is 395 g/mol. The van der Waals surface area contributed by atoms with Crippen LogP contribution >= 0.6 is 0 Å². The fraction of sp³-hybridized carbons (Fsp3) is 0.273. The maximum atomic E-state index is 12.9. The van der Waals surface area contributed by atoms with E-state index in [4.69, 9.17) is 9.15 Å². The van der Waals surface area contributed by atoms with E-state index in [0.717, 1.165) is 17.1 Å². The molecule has 0 saturated carbocycles. The van der Waals surface area contributed by atoms with Crippen molar-refractivity contribution < 1.29 is 18.7 Å². The second kappa shape index (κ2) is 8.68. The van der Waals surface area contributed by atoms with Crippen LogP contribution in [-0.4, -0.2) is 42.0 Å². The smallest absolute Gasteiger partial charge is 0.255 e. The monoisotopic (exact) mass is 395 g/mol. The number of carbonyl (C=O) groups excluding carboxylic acids is 2. The molecule has 0 aliphatic carbocycles. The molecule has 7 nitrogen and oxygen atoms in total. The zero-order valence-corrected chi connectivity index (χ0v) is 17.1. The Balaban J connectivity index is 1.65. The molecule has 3 aromatic rings. The number of benzene rings is 1. The minimum absolute atomic E-state index is 0.0489. The molecule has 29 heavy (non-hydrogen) atoms. The molecule has 3 rings (SSSR count). The van der Waals surface area contributed by atoms with Crippen LogP contribution in [0.3, 0.4) is 0 Å². The van der Waals surface area contributed by atoms with Gasteiger partial charge in [-0.2, -0.15) is 0 Å². The summed E-state index contributed by atoms with van der Waals surface area (Å²) in [6.45, 7) is 4.35. The lowest BCUT2D eigenvalue weighted by molar-refractivity contribution is -0.116. The molecule has 0 bridgehead atoms. The van der Waals surface area contributed by atoms with Gasteiger partial charge in [0.05, 0.1) is 32.0 Å². The third-order valence-electron chi connectivity index (χ3n) is 4.80. The first-order valence-electron chi connectivity index (χ1n) is 9.27. The number of rotatable bonds is 7. The molecule has 0 aliphatic heterocycles. The van der Waals surface area contributed by atoms with Crippen molar-refractivity contribution >= 4 is 17.5 Å². The lowest BCUT2D eigenvalue weighted by atomic mass is 10.2. The van der Waals surface area contributed by atoms with Crippen LogP contribution in [0, 0.1) is 13.8 Å². The molecular formula is C22H25N3O4. The second-order valence-corrected chi connectivity index (χ2v) is 6.89. The molecule has 0 spiro atoms.